The van der Waals surface area contributed by atoms with Crippen LogP contribution in [-0.2, 0) is 0 Å². The first-order chi connectivity index (χ1) is 9.63. The van der Waals surface area contributed by atoms with E-state index in [1.807, 2.05) is 6.07 Å². The molecule has 0 atom stereocenters. The maximum Gasteiger partial charge on any atom is 0.284 e. The number of hydrogen-bond acceptors (Lipinski definition) is 4. The third kappa shape index (κ3) is 1.67. The molecule has 0 spiro atoms. The minimum atomic E-state index is -0.516. The molecule has 0 bridgehead atoms. The minimum Gasteiger partial charge on any atom is -0.268 e. The summed E-state index contributed by atoms with van der Waals surface area (Å²) in [6, 6.07) is 9.46. The van der Waals surface area contributed by atoms with Crippen LogP contribution in [0.4, 0.5) is 5.69 Å². The number of amides is 2. The molecule has 20 heavy (non-hydrogen) atoms. The number of fused-ring (bicyclic) bond motifs is 1. The van der Waals surface area contributed by atoms with Gasteiger partial charge in [0, 0.05) is 6.20 Å². The summed E-state index contributed by atoms with van der Waals surface area (Å²) < 4.78 is 0. The fraction of sp³-hybridized carbons (Fsp3) is 0. The third-order valence-corrected chi connectivity index (χ3v) is 3.27. The van der Waals surface area contributed by atoms with Crippen molar-refractivity contribution in [1.82, 2.24) is 4.98 Å². The monoisotopic (exact) mass is 283 g/mol. The Hall–Kier alpha value is -2.71. The molecule has 2 aromatic rings. The number of rotatable bonds is 1. The van der Waals surface area contributed by atoms with Gasteiger partial charge in [-0.05, 0) is 30.3 Å². The number of pyridine rings is 1. The van der Waals surface area contributed by atoms with Crippen molar-refractivity contribution in [3.8, 4) is 6.07 Å². The third-order valence-electron chi connectivity index (χ3n) is 2.96. The van der Waals surface area contributed by atoms with Crippen LogP contribution in [0.25, 0.3) is 0 Å². The number of carbonyl (C=O) groups is 2. The summed E-state index contributed by atoms with van der Waals surface area (Å²) in [6.45, 7) is 0. The van der Waals surface area contributed by atoms with Crippen LogP contribution in [0.1, 0.15) is 26.4 Å². The van der Waals surface area contributed by atoms with Gasteiger partial charge in [0.2, 0.25) is 0 Å². The topological polar surface area (TPSA) is 74.1 Å². The second-order valence-corrected chi connectivity index (χ2v) is 4.53. The van der Waals surface area contributed by atoms with Crippen LogP contribution in [0, 0.1) is 11.3 Å². The molecule has 0 aliphatic carbocycles. The SMILES string of the molecule is N#Cc1ccc(N2C(=O)c3cccnc3C2=O)c(Cl)c1. The molecule has 6 heteroatoms. The molecule has 1 aliphatic heterocycles. The molecule has 0 fully saturated rings. The Labute approximate surface area is 119 Å². The van der Waals surface area contributed by atoms with E-state index in [1.54, 1.807) is 12.1 Å². The van der Waals surface area contributed by atoms with Gasteiger partial charge >= 0.3 is 0 Å². The Morgan fingerprint density at radius 1 is 1.20 bits per heavy atom. The number of hydrogen-bond donors (Lipinski definition) is 0. The molecule has 0 unspecified atom stereocenters. The average Bonchev–Trinajstić information content (AvgIpc) is 2.72. The number of anilines is 1. The number of halogens is 1. The summed E-state index contributed by atoms with van der Waals surface area (Å²) in [4.78, 5) is 29.4. The van der Waals surface area contributed by atoms with Crippen LogP contribution in [0.5, 0.6) is 0 Å². The highest BCUT2D eigenvalue weighted by molar-refractivity contribution is 6.39. The number of carbonyl (C=O) groups excluding carboxylic acids is 2. The maximum absolute atomic E-state index is 12.3. The van der Waals surface area contributed by atoms with Gasteiger partial charge in [0.1, 0.15) is 5.69 Å². The van der Waals surface area contributed by atoms with Crippen molar-refractivity contribution in [3.05, 3.63) is 58.4 Å². The standard InChI is InChI=1S/C14H6ClN3O2/c15-10-6-8(7-16)3-4-11(10)18-13(19)9-2-1-5-17-12(9)14(18)20/h1-6H. The molecule has 0 N–H and O–H groups in total. The van der Waals surface area contributed by atoms with E-state index >= 15 is 0 Å². The molecule has 2 amide bonds. The molecule has 2 heterocycles. The summed E-state index contributed by atoms with van der Waals surface area (Å²) in [5.74, 6) is -0.984. The number of nitrogens with zero attached hydrogens (tertiary/aromatic N) is 3. The van der Waals surface area contributed by atoms with Gasteiger partial charge in [-0.2, -0.15) is 5.26 Å². The van der Waals surface area contributed by atoms with Gasteiger partial charge in [-0.25, -0.2) is 4.90 Å². The number of aromatic nitrogens is 1. The van der Waals surface area contributed by atoms with Gasteiger partial charge in [0.25, 0.3) is 11.8 Å². The van der Waals surface area contributed by atoms with Gasteiger partial charge in [-0.1, -0.05) is 11.6 Å². The van der Waals surface area contributed by atoms with E-state index < -0.39 is 11.8 Å². The van der Waals surface area contributed by atoms with Crippen LogP contribution >= 0.6 is 11.6 Å². The maximum atomic E-state index is 12.3. The lowest BCUT2D eigenvalue weighted by Gasteiger charge is -2.15. The van der Waals surface area contributed by atoms with Crippen molar-refractivity contribution in [2.75, 3.05) is 4.90 Å². The molecule has 1 aromatic carbocycles. The number of nitriles is 1. The Kier molecular flexibility index (Phi) is 2.74. The van der Waals surface area contributed by atoms with E-state index in [-0.39, 0.29) is 22.0 Å². The van der Waals surface area contributed by atoms with E-state index in [4.69, 9.17) is 16.9 Å². The number of benzene rings is 1. The summed E-state index contributed by atoms with van der Waals surface area (Å²) in [7, 11) is 0. The quantitative estimate of drug-likeness (QED) is 0.753. The highest BCUT2D eigenvalue weighted by Gasteiger charge is 2.38. The van der Waals surface area contributed by atoms with Gasteiger partial charge in [0.15, 0.2) is 0 Å². The van der Waals surface area contributed by atoms with Gasteiger partial charge in [-0.3, -0.25) is 14.6 Å². The van der Waals surface area contributed by atoms with Crippen molar-refractivity contribution in [2.45, 2.75) is 0 Å². The van der Waals surface area contributed by atoms with Crippen molar-refractivity contribution < 1.29 is 9.59 Å². The molecule has 0 saturated heterocycles. The van der Waals surface area contributed by atoms with Crippen LogP contribution in [0.15, 0.2) is 36.5 Å². The fourth-order valence-corrected chi connectivity index (χ4v) is 2.31. The van der Waals surface area contributed by atoms with E-state index in [2.05, 4.69) is 4.98 Å². The zero-order chi connectivity index (χ0) is 14.3. The van der Waals surface area contributed by atoms with Crippen molar-refractivity contribution in [1.29, 1.82) is 5.26 Å². The first-order valence-electron chi connectivity index (χ1n) is 5.67. The van der Waals surface area contributed by atoms with Crippen molar-refractivity contribution in [3.63, 3.8) is 0 Å². The predicted molar refractivity (Wildman–Crippen MR) is 71.5 cm³/mol. The summed E-state index contributed by atoms with van der Waals surface area (Å²) in [6.07, 6.45) is 1.45. The van der Waals surface area contributed by atoms with Crippen molar-refractivity contribution in [2.24, 2.45) is 0 Å². The summed E-state index contributed by atoms with van der Waals surface area (Å²) in [5.41, 5.74) is 0.961. The molecular weight excluding hydrogens is 278 g/mol. The summed E-state index contributed by atoms with van der Waals surface area (Å²) >= 11 is 6.04. The highest BCUT2D eigenvalue weighted by atomic mass is 35.5. The lowest BCUT2D eigenvalue weighted by Crippen LogP contribution is -2.29. The van der Waals surface area contributed by atoms with Crippen LogP contribution < -0.4 is 4.90 Å². The molecule has 3 rings (SSSR count). The van der Waals surface area contributed by atoms with Crippen LogP contribution in [0.2, 0.25) is 5.02 Å². The van der Waals surface area contributed by atoms with E-state index in [1.165, 1.54) is 24.4 Å². The second kappa shape index (κ2) is 4.44. The normalized spacial score (nSPS) is 13.3. The van der Waals surface area contributed by atoms with Gasteiger partial charge < -0.3 is 0 Å². The predicted octanol–water partition coefficient (Wildman–Crippen LogP) is 2.41. The van der Waals surface area contributed by atoms with E-state index in [0.29, 0.717) is 5.56 Å². The molecule has 96 valence electrons. The van der Waals surface area contributed by atoms with E-state index in [9.17, 15) is 9.59 Å². The highest BCUT2D eigenvalue weighted by Crippen LogP contribution is 2.32. The van der Waals surface area contributed by atoms with Gasteiger partial charge in [0.05, 0.1) is 27.9 Å². The molecule has 5 nitrogen and oxygen atoms in total. The molecular formula is C14H6ClN3O2. The molecule has 0 saturated carbocycles. The molecule has 1 aromatic heterocycles. The zero-order valence-electron chi connectivity index (χ0n) is 10.0. The molecule has 0 radical (unpaired) electrons. The van der Waals surface area contributed by atoms with E-state index in [0.717, 1.165) is 4.90 Å². The Balaban J connectivity index is 2.12. The minimum absolute atomic E-state index is 0.109. The molecule has 1 aliphatic rings. The zero-order valence-corrected chi connectivity index (χ0v) is 10.8. The van der Waals surface area contributed by atoms with Gasteiger partial charge in [-0.15, -0.1) is 0 Å². The Bertz CT molecular complexity index is 760. The fourth-order valence-electron chi connectivity index (χ4n) is 2.04. The first kappa shape index (κ1) is 12.3. The second-order valence-electron chi connectivity index (χ2n) is 4.12. The lowest BCUT2D eigenvalue weighted by molar-refractivity contribution is 0.0924. The van der Waals surface area contributed by atoms with Crippen LogP contribution in [0.3, 0.4) is 0 Å². The summed E-state index contributed by atoms with van der Waals surface area (Å²) in [5, 5.41) is 8.96. The first-order valence-corrected chi connectivity index (χ1v) is 6.04. The number of imide groups is 1. The smallest absolute Gasteiger partial charge is 0.268 e. The van der Waals surface area contributed by atoms with Crippen LogP contribution in [-0.4, -0.2) is 16.8 Å². The Morgan fingerprint density at radius 2 is 2.00 bits per heavy atom. The van der Waals surface area contributed by atoms with Crippen molar-refractivity contribution >= 4 is 29.1 Å². The average molecular weight is 284 g/mol. The largest absolute Gasteiger partial charge is 0.284 e. The Morgan fingerprint density at radius 3 is 2.65 bits per heavy atom. The lowest BCUT2D eigenvalue weighted by atomic mass is 10.2.